The predicted molar refractivity (Wildman–Crippen MR) is 92.4 cm³/mol. The van der Waals surface area contributed by atoms with E-state index in [1.165, 1.54) is 0 Å². The molecule has 1 atom stereocenters. The molecule has 1 amide bonds. The van der Waals surface area contributed by atoms with Gasteiger partial charge in [0.1, 0.15) is 0 Å². The highest BCUT2D eigenvalue weighted by molar-refractivity contribution is 6.01. The van der Waals surface area contributed by atoms with Crippen LogP contribution >= 0.6 is 0 Å². The summed E-state index contributed by atoms with van der Waals surface area (Å²) in [5, 5.41) is 0. The lowest BCUT2D eigenvalue weighted by molar-refractivity contribution is 0.0737. The minimum absolute atomic E-state index is 0.0646. The molecule has 1 saturated heterocycles. The van der Waals surface area contributed by atoms with E-state index in [9.17, 15) is 4.79 Å². The Balaban J connectivity index is 1.97. The number of rotatable bonds is 3. The fourth-order valence-electron chi connectivity index (χ4n) is 3.26. The molecule has 4 nitrogen and oxygen atoms in total. The first kappa shape index (κ1) is 15.7. The van der Waals surface area contributed by atoms with Crippen molar-refractivity contribution in [3.8, 4) is 11.1 Å². The van der Waals surface area contributed by atoms with Gasteiger partial charge in [0.15, 0.2) is 0 Å². The monoisotopic (exact) mass is 309 g/mol. The van der Waals surface area contributed by atoms with Gasteiger partial charge in [0.25, 0.3) is 5.91 Å². The van der Waals surface area contributed by atoms with E-state index in [1.54, 1.807) is 6.20 Å². The number of hydrogen-bond donors (Lipinski definition) is 0. The number of amides is 1. The number of likely N-dealkylation sites (tertiary alicyclic amines) is 1. The summed E-state index contributed by atoms with van der Waals surface area (Å²) in [6, 6.07) is 12.3. The smallest absolute Gasteiger partial charge is 0.256 e. The molecule has 0 radical (unpaired) electrons. The molecular weight excluding hydrogens is 286 g/mol. The maximum atomic E-state index is 13.1. The Kier molecular flexibility index (Phi) is 4.44. The van der Waals surface area contributed by atoms with E-state index in [1.807, 2.05) is 55.3 Å². The van der Waals surface area contributed by atoms with Crippen LogP contribution in [0.15, 0.2) is 42.6 Å². The fourth-order valence-corrected chi connectivity index (χ4v) is 3.26. The van der Waals surface area contributed by atoms with E-state index in [-0.39, 0.29) is 11.9 Å². The molecule has 0 saturated carbocycles. The average molecular weight is 309 g/mol. The van der Waals surface area contributed by atoms with Gasteiger partial charge in [-0.1, -0.05) is 30.3 Å². The molecule has 1 aromatic heterocycles. The van der Waals surface area contributed by atoms with Gasteiger partial charge < -0.3 is 9.80 Å². The summed E-state index contributed by atoms with van der Waals surface area (Å²) in [4.78, 5) is 21.6. The van der Waals surface area contributed by atoms with Gasteiger partial charge in [-0.2, -0.15) is 0 Å². The predicted octanol–water partition coefficient (Wildman–Crippen LogP) is 2.83. The Bertz CT molecular complexity index is 699. The Morgan fingerprint density at radius 2 is 2.00 bits per heavy atom. The van der Waals surface area contributed by atoms with Crippen molar-refractivity contribution < 1.29 is 4.79 Å². The molecule has 0 unspecified atom stereocenters. The van der Waals surface area contributed by atoms with E-state index in [0.29, 0.717) is 0 Å². The summed E-state index contributed by atoms with van der Waals surface area (Å²) in [5.41, 5.74) is 3.52. The van der Waals surface area contributed by atoms with Crippen molar-refractivity contribution in [3.63, 3.8) is 0 Å². The summed E-state index contributed by atoms with van der Waals surface area (Å²) in [7, 11) is 4.01. The number of nitrogens with zero attached hydrogens (tertiary/aromatic N) is 3. The van der Waals surface area contributed by atoms with Crippen LogP contribution in [0.4, 0.5) is 0 Å². The largest absolute Gasteiger partial charge is 0.337 e. The maximum Gasteiger partial charge on any atom is 0.256 e. The summed E-state index contributed by atoms with van der Waals surface area (Å²) >= 11 is 0. The third kappa shape index (κ3) is 3.13. The quantitative estimate of drug-likeness (QED) is 0.875. The van der Waals surface area contributed by atoms with E-state index in [4.69, 9.17) is 0 Å². The van der Waals surface area contributed by atoms with Crippen molar-refractivity contribution in [2.24, 2.45) is 0 Å². The number of carbonyl (C=O) groups is 1. The second-order valence-electron chi connectivity index (χ2n) is 6.31. The first-order valence-electron chi connectivity index (χ1n) is 8.04. The zero-order valence-corrected chi connectivity index (χ0v) is 14.0. The number of carbonyl (C=O) groups excluding carboxylic acids is 1. The van der Waals surface area contributed by atoms with Gasteiger partial charge in [-0.25, -0.2) is 0 Å². The number of aromatic nitrogens is 1. The van der Waals surface area contributed by atoms with Crippen molar-refractivity contribution in [2.45, 2.75) is 19.4 Å². The zero-order chi connectivity index (χ0) is 16.4. The molecule has 0 aliphatic carbocycles. The van der Waals surface area contributed by atoms with Crippen LogP contribution < -0.4 is 0 Å². The topological polar surface area (TPSA) is 36.4 Å². The standard InChI is InChI=1S/C19H23N3O/c1-14-18(19(23)22(3)16-10-12-21(2)13-16)17(9-11-20-14)15-7-5-4-6-8-15/h4-9,11,16H,10,12-13H2,1-3H3/t16-/m1/s1. The van der Waals surface area contributed by atoms with Crippen LogP contribution in [0.3, 0.4) is 0 Å². The molecule has 0 N–H and O–H groups in total. The Morgan fingerprint density at radius 1 is 1.26 bits per heavy atom. The van der Waals surface area contributed by atoms with Gasteiger partial charge in [0.05, 0.1) is 11.3 Å². The molecule has 1 aliphatic heterocycles. The number of pyridine rings is 1. The minimum atomic E-state index is 0.0646. The first-order valence-corrected chi connectivity index (χ1v) is 8.04. The van der Waals surface area contributed by atoms with Gasteiger partial charge >= 0.3 is 0 Å². The molecule has 0 bridgehead atoms. The molecule has 1 aliphatic rings. The van der Waals surface area contributed by atoms with Crippen molar-refractivity contribution in [2.75, 3.05) is 27.2 Å². The SMILES string of the molecule is Cc1nccc(-c2ccccc2)c1C(=O)N(C)[C@@H]1CCN(C)C1. The molecule has 1 aromatic carbocycles. The Labute approximate surface area is 137 Å². The van der Waals surface area contributed by atoms with Gasteiger partial charge in [0.2, 0.25) is 0 Å². The molecule has 120 valence electrons. The van der Waals surface area contributed by atoms with Crippen LogP contribution in [0.2, 0.25) is 0 Å². The minimum Gasteiger partial charge on any atom is -0.337 e. The summed E-state index contributed by atoms with van der Waals surface area (Å²) in [6.45, 7) is 3.89. The summed E-state index contributed by atoms with van der Waals surface area (Å²) in [5.74, 6) is 0.0646. The van der Waals surface area contributed by atoms with Crippen molar-refractivity contribution in [3.05, 3.63) is 53.9 Å². The zero-order valence-electron chi connectivity index (χ0n) is 14.0. The number of likely N-dealkylation sites (N-methyl/N-ethyl adjacent to an activating group) is 2. The van der Waals surface area contributed by atoms with Gasteiger partial charge in [0, 0.05) is 25.8 Å². The molecule has 2 heterocycles. The van der Waals surface area contributed by atoms with Crippen LogP contribution in [0.25, 0.3) is 11.1 Å². The molecule has 3 rings (SSSR count). The molecule has 0 spiro atoms. The second kappa shape index (κ2) is 6.50. The van der Waals surface area contributed by atoms with Crippen LogP contribution in [-0.2, 0) is 0 Å². The number of hydrogen-bond acceptors (Lipinski definition) is 3. The van der Waals surface area contributed by atoms with Gasteiger partial charge in [-0.3, -0.25) is 9.78 Å². The third-order valence-electron chi connectivity index (χ3n) is 4.67. The van der Waals surface area contributed by atoms with Crippen LogP contribution in [0.5, 0.6) is 0 Å². The van der Waals surface area contributed by atoms with Crippen LogP contribution in [0, 0.1) is 6.92 Å². The molecule has 2 aromatic rings. The second-order valence-corrected chi connectivity index (χ2v) is 6.31. The van der Waals surface area contributed by atoms with Crippen LogP contribution in [0.1, 0.15) is 22.5 Å². The lowest BCUT2D eigenvalue weighted by Crippen LogP contribution is -2.39. The average Bonchev–Trinajstić information content (AvgIpc) is 3.00. The van der Waals surface area contributed by atoms with Crippen LogP contribution in [-0.4, -0.2) is 53.9 Å². The van der Waals surface area contributed by atoms with Crippen molar-refractivity contribution in [1.29, 1.82) is 0 Å². The van der Waals surface area contributed by atoms with Crippen molar-refractivity contribution >= 4 is 5.91 Å². The lowest BCUT2D eigenvalue weighted by atomic mass is 9.98. The maximum absolute atomic E-state index is 13.1. The number of aryl methyl sites for hydroxylation is 1. The fraction of sp³-hybridized carbons (Fsp3) is 0.368. The normalized spacial score (nSPS) is 18.1. The molecule has 1 fully saturated rings. The van der Waals surface area contributed by atoms with E-state index in [2.05, 4.69) is 16.9 Å². The van der Waals surface area contributed by atoms with E-state index in [0.717, 1.165) is 41.9 Å². The van der Waals surface area contributed by atoms with Crippen molar-refractivity contribution in [1.82, 2.24) is 14.8 Å². The summed E-state index contributed by atoms with van der Waals surface area (Å²) < 4.78 is 0. The lowest BCUT2D eigenvalue weighted by Gasteiger charge is -2.26. The highest BCUT2D eigenvalue weighted by Crippen LogP contribution is 2.27. The number of benzene rings is 1. The van der Waals surface area contributed by atoms with E-state index >= 15 is 0 Å². The first-order chi connectivity index (χ1) is 11.1. The highest BCUT2D eigenvalue weighted by Gasteiger charge is 2.29. The molecule has 4 heteroatoms. The van der Waals surface area contributed by atoms with Gasteiger partial charge in [-0.05, 0) is 44.1 Å². The van der Waals surface area contributed by atoms with Gasteiger partial charge in [-0.15, -0.1) is 0 Å². The third-order valence-corrected chi connectivity index (χ3v) is 4.67. The summed E-state index contributed by atoms with van der Waals surface area (Å²) in [6.07, 6.45) is 2.80. The Hall–Kier alpha value is -2.20. The highest BCUT2D eigenvalue weighted by atomic mass is 16.2. The Morgan fingerprint density at radius 3 is 2.65 bits per heavy atom. The van der Waals surface area contributed by atoms with E-state index < -0.39 is 0 Å². The molecule has 23 heavy (non-hydrogen) atoms. The molecular formula is C19H23N3O.